The molecule has 0 aliphatic heterocycles. The molecule has 0 spiro atoms. The van der Waals surface area contributed by atoms with E-state index in [0.717, 1.165) is 0 Å². The molecular formula is C10H19NO2. The second kappa shape index (κ2) is 4.61. The second-order valence-electron chi connectivity index (χ2n) is 4.22. The summed E-state index contributed by atoms with van der Waals surface area (Å²) < 4.78 is 0. The lowest BCUT2D eigenvalue weighted by atomic mass is 9.91. The molecule has 2 N–H and O–H groups in total. The number of nitrogens with one attached hydrogen (secondary N) is 1. The van der Waals surface area contributed by atoms with Crippen LogP contribution >= 0.6 is 0 Å². The lowest BCUT2D eigenvalue weighted by Gasteiger charge is -2.28. The van der Waals surface area contributed by atoms with Gasteiger partial charge in [-0.3, -0.25) is 4.79 Å². The largest absolute Gasteiger partial charge is 0.481 e. The van der Waals surface area contributed by atoms with E-state index in [9.17, 15) is 4.79 Å². The highest BCUT2D eigenvalue weighted by Gasteiger charge is 2.24. The predicted molar refractivity (Wildman–Crippen MR) is 51.6 cm³/mol. The minimum atomic E-state index is -0.679. The molecule has 1 atom stereocenters. The van der Waals surface area contributed by atoms with E-state index in [1.807, 2.05) is 13.8 Å². The maximum atomic E-state index is 10.8. The Kier molecular flexibility index (Phi) is 3.72. The van der Waals surface area contributed by atoms with E-state index in [2.05, 4.69) is 5.32 Å². The molecule has 1 aliphatic rings. The molecule has 1 fully saturated rings. The second-order valence-corrected chi connectivity index (χ2v) is 4.22. The van der Waals surface area contributed by atoms with E-state index in [1.165, 1.54) is 19.3 Å². The third kappa shape index (κ3) is 2.99. The first kappa shape index (κ1) is 10.5. The zero-order chi connectivity index (χ0) is 9.84. The molecule has 0 heterocycles. The Morgan fingerprint density at radius 2 is 2.15 bits per heavy atom. The third-order valence-corrected chi connectivity index (χ3v) is 2.85. The first-order valence-corrected chi connectivity index (χ1v) is 5.07. The molecular weight excluding hydrogens is 166 g/mol. The number of rotatable bonds is 5. The molecule has 1 unspecified atom stereocenters. The Bertz CT molecular complexity index is 176. The van der Waals surface area contributed by atoms with Gasteiger partial charge in [0.1, 0.15) is 0 Å². The molecule has 1 aliphatic carbocycles. The molecule has 0 saturated heterocycles. The van der Waals surface area contributed by atoms with Gasteiger partial charge in [-0.05, 0) is 18.8 Å². The van der Waals surface area contributed by atoms with Crippen molar-refractivity contribution in [2.75, 3.05) is 6.54 Å². The van der Waals surface area contributed by atoms with E-state index in [4.69, 9.17) is 5.11 Å². The standard InChI is InChI=1S/C10H19NO2/c1-7(2)9(10(12)13)6-11-8-4-3-5-8/h7-9,11H,3-6H2,1-2H3,(H,12,13). The van der Waals surface area contributed by atoms with Gasteiger partial charge < -0.3 is 10.4 Å². The highest BCUT2D eigenvalue weighted by atomic mass is 16.4. The number of hydrogen-bond donors (Lipinski definition) is 2. The average molecular weight is 185 g/mol. The molecule has 76 valence electrons. The highest BCUT2D eigenvalue weighted by molar-refractivity contribution is 5.70. The van der Waals surface area contributed by atoms with Gasteiger partial charge in [-0.15, -0.1) is 0 Å². The fraction of sp³-hybridized carbons (Fsp3) is 0.900. The van der Waals surface area contributed by atoms with Crippen molar-refractivity contribution in [3.05, 3.63) is 0 Å². The van der Waals surface area contributed by atoms with Crippen molar-refractivity contribution in [1.29, 1.82) is 0 Å². The fourth-order valence-corrected chi connectivity index (χ4v) is 1.51. The van der Waals surface area contributed by atoms with Gasteiger partial charge >= 0.3 is 5.97 Å². The normalized spacial score (nSPS) is 19.9. The monoisotopic (exact) mass is 185 g/mol. The van der Waals surface area contributed by atoms with Gasteiger partial charge in [0.2, 0.25) is 0 Å². The number of carboxylic acids is 1. The smallest absolute Gasteiger partial charge is 0.308 e. The molecule has 0 aromatic rings. The number of carbonyl (C=O) groups is 1. The molecule has 3 heteroatoms. The third-order valence-electron chi connectivity index (χ3n) is 2.85. The summed E-state index contributed by atoms with van der Waals surface area (Å²) in [7, 11) is 0. The van der Waals surface area contributed by atoms with Gasteiger partial charge in [-0.25, -0.2) is 0 Å². The van der Waals surface area contributed by atoms with Crippen LogP contribution in [-0.2, 0) is 4.79 Å². The van der Waals surface area contributed by atoms with Crippen molar-refractivity contribution in [3.63, 3.8) is 0 Å². The fourth-order valence-electron chi connectivity index (χ4n) is 1.51. The van der Waals surface area contributed by atoms with Crippen LogP contribution in [0.5, 0.6) is 0 Å². The van der Waals surface area contributed by atoms with Gasteiger partial charge in [-0.2, -0.15) is 0 Å². The van der Waals surface area contributed by atoms with Crippen LogP contribution in [0.25, 0.3) is 0 Å². The summed E-state index contributed by atoms with van der Waals surface area (Å²) in [6.45, 7) is 4.54. The first-order chi connectivity index (χ1) is 6.11. The molecule has 0 aromatic heterocycles. The lowest BCUT2D eigenvalue weighted by molar-refractivity contribution is -0.143. The quantitative estimate of drug-likeness (QED) is 0.682. The molecule has 0 amide bonds. The maximum Gasteiger partial charge on any atom is 0.308 e. The average Bonchev–Trinajstić information content (AvgIpc) is 1.92. The summed E-state index contributed by atoms with van der Waals surface area (Å²) in [5.41, 5.74) is 0. The zero-order valence-corrected chi connectivity index (χ0v) is 8.42. The van der Waals surface area contributed by atoms with E-state index in [-0.39, 0.29) is 11.8 Å². The van der Waals surface area contributed by atoms with Gasteiger partial charge in [0.05, 0.1) is 5.92 Å². The van der Waals surface area contributed by atoms with Crippen LogP contribution in [0.2, 0.25) is 0 Å². The predicted octanol–water partition coefficient (Wildman–Crippen LogP) is 1.49. The number of carboxylic acid groups (broad SMARTS) is 1. The maximum absolute atomic E-state index is 10.8. The molecule has 0 radical (unpaired) electrons. The van der Waals surface area contributed by atoms with Crippen LogP contribution in [0.4, 0.5) is 0 Å². The highest BCUT2D eigenvalue weighted by Crippen LogP contribution is 2.19. The van der Waals surface area contributed by atoms with Crippen LogP contribution in [0.1, 0.15) is 33.1 Å². The van der Waals surface area contributed by atoms with Gasteiger partial charge in [0.15, 0.2) is 0 Å². The summed E-state index contributed by atoms with van der Waals surface area (Å²) in [4.78, 5) is 10.8. The topological polar surface area (TPSA) is 49.3 Å². The van der Waals surface area contributed by atoms with Crippen molar-refractivity contribution < 1.29 is 9.90 Å². The molecule has 0 aromatic carbocycles. The van der Waals surface area contributed by atoms with Crippen LogP contribution < -0.4 is 5.32 Å². The van der Waals surface area contributed by atoms with Crippen LogP contribution in [0, 0.1) is 11.8 Å². The molecule has 1 saturated carbocycles. The van der Waals surface area contributed by atoms with Crippen molar-refractivity contribution >= 4 is 5.97 Å². The Hall–Kier alpha value is -0.570. The minimum Gasteiger partial charge on any atom is -0.481 e. The van der Waals surface area contributed by atoms with Crippen molar-refractivity contribution in [2.45, 2.75) is 39.2 Å². The van der Waals surface area contributed by atoms with E-state index in [1.54, 1.807) is 0 Å². The summed E-state index contributed by atoms with van der Waals surface area (Å²) in [5.74, 6) is -0.701. The van der Waals surface area contributed by atoms with Crippen LogP contribution in [-0.4, -0.2) is 23.7 Å². The van der Waals surface area contributed by atoms with Crippen LogP contribution in [0.3, 0.4) is 0 Å². The van der Waals surface area contributed by atoms with Gasteiger partial charge in [-0.1, -0.05) is 20.3 Å². The SMILES string of the molecule is CC(C)C(CNC1CCC1)C(=O)O. The summed E-state index contributed by atoms with van der Waals surface area (Å²) in [6, 6.07) is 0.584. The Morgan fingerprint density at radius 1 is 1.54 bits per heavy atom. The molecule has 13 heavy (non-hydrogen) atoms. The van der Waals surface area contributed by atoms with Gasteiger partial charge in [0, 0.05) is 12.6 Å². The summed E-state index contributed by atoms with van der Waals surface area (Å²) in [6.07, 6.45) is 3.71. The first-order valence-electron chi connectivity index (χ1n) is 5.07. The molecule has 0 bridgehead atoms. The zero-order valence-electron chi connectivity index (χ0n) is 8.42. The minimum absolute atomic E-state index is 0.213. The van der Waals surface area contributed by atoms with E-state index >= 15 is 0 Å². The number of aliphatic carboxylic acids is 1. The lowest BCUT2D eigenvalue weighted by Crippen LogP contribution is -2.41. The van der Waals surface area contributed by atoms with Crippen molar-refractivity contribution in [2.24, 2.45) is 11.8 Å². The number of hydrogen-bond acceptors (Lipinski definition) is 2. The molecule has 1 rings (SSSR count). The van der Waals surface area contributed by atoms with Crippen molar-refractivity contribution in [1.82, 2.24) is 5.32 Å². The van der Waals surface area contributed by atoms with E-state index < -0.39 is 5.97 Å². The summed E-state index contributed by atoms with van der Waals surface area (Å²) >= 11 is 0. The Labute approximate surface area is 79.5 Å². The van der Waals surface area contributed by atoms with Crippen LogP contribution in [0.15, 0.2) is 0 Å². The van der Waals surface area contributed by atoms with Crippen molar-refractivity contribution in [3.8, 4) is 0 Å². The molecule has 3 nitrogen and oxygen atoms in total. The Morgan fingerprint density at radius 3 is 2.46 bits per heavy atom. The van der Waals surface area contributed by atoms with Gasteiger partial charge in [0.25, 0.3) is 0 Å². The summed E-state index contributed by atoms with van der Waals surface area (Å²) in [5, 5.41) is 12.2. The Balaban J connectivity index is 2.25. The van der Waals surface area contributed by atoms with E-state index in [0.29, 0.717) is 12.6 Å².